The number of likely N-dealkylation sites (tertiary alicyclic amines) is 1. The van der Waals surface area contributed by atoms with Gasteiger partial charge >= 0.3 is 6.36 Å². The molecule has 1 aliphatic heterocycles. The van der Waals surface area contributed by atoms with Crippen molar-refractivity contribution in [2.75, 3.05) is 13.1 Å². The number of nitrogens with zero attached hydrogens (tertiary/aromatic N) is 2. The molecule has 2 atom stereocenters. The van der Waals surface area contributed by atoms with Crippen LogP contribution < -0.4 is 4.74 Å². The first kappa shape index (κ1) is 22.3. The van der Waals surface area contributed by atoms with Gasteiger partial charge in [0.05, 0.1) is 12.3 Å². The van der Waals surface area contributed by atoms with E-state index in [9.17, 15) is 27.5 Å². The molecule has 2 unspecified atom stereocenters. The number of para-hydroxylation sites is 1. The number of fused-ring (bicyclic) bond motifs is 2. The molecular formula is C25H20F4N2O3. The largest absolute Gasteiger partial charge is 0.573 e. The highest BCUT2D eigenvalue weighted by atomic mass is 19.4. The highest BCUT2D eigenvalue weighted by Gasteiger charge is 2.49. The van der Waals surface area contributed by atoms with Crippen molar-refractivity contribution in [3.63, 3.8) is 0 Å². The van der Waals surface area contributed by atoms with Crippen LogP contribution in [0.4, 0.5) is 17.6 Å². The number of aliphatic hydroxyl groups is 1. The molecule has 0 saturated carbocycles. The monoisotopic (exact) mass is 472 g/mol. The Morgan fingerprint density at radius 1 is 1.15 bits per heavy atom. The number of aliphatic hydroxyl groups excluding tert-OH is 1. The lowest BCUT2D eigenvalue weighted by atomic mass is 9.80. The second kappa shape index (κ2) is 8.09. The summed E-state index contributed by atoms with van der Waals surface area (Å²) in [7, 11) is 0. The van der Waals surface area contributed by atoms with Crippen LogP contribution in [0.5, 0.6) is 5.75 Å². The first-order valence-corrected chi connectivity index (χ1v) is 10.7. The van der Waals surface area contributed by atoms with Crippen molar-refractivity contribution in [1.29, 1.82) is 0 Å². The molecule has 1 amide bonds. The highest BCUT2D eigenvalue weighted by molar-refractivity contribution is 5.92. The minimum atomic E-state index is -4.82. The summed E-state index contributed by atoms with van der Waals surface area (Å²) in [5, 5.41) is 10.8. The lowest BCUT2D eigenvalue weighted by molar-refractivity contribution is -0.274. The van der Waals surface area contributed by atoms with Gasteiger partial charge in [-0.1, -0.05) is 30.3 Å². The molecule has 1 aliphatic carbocycles. The van der Waals surface area contributed by atoms with Gasteiger partial charge in [0.15, 0.2) is 0 Å². The maximum absolute atomic E-state index is 13.2. The van der Waals surface area contributed by atoms with Gasteiger partial charge in [-0.2, -0.15) is 0 Å². The Morgan fingerprint density at radius 2 is 1.94 bits per heavy atom. The van der Waals surface area contributed by atoms with Crippen LogP contribution in [0.25, 0.3) is 11.1 Å². The smallest absolute Gasteiger partial charge is 0.405 e. The Balaban J connectivity index is 1.44. The molecule has 176 valence electrons. The van der Waals surface area contributed by atoms with Gasteiger partial charge in [0.25, 0.3) is 5.91 Å². The molecular weight excluding hydrogens is 452 g/mol. The van der Waals surface area contributed by atoms with Crippen molar-refractivity contribution in [1.82, 2.24) is 9.88 Å². The van der Waals surface area contributed by atoms with Gasteiger partial charge in [0.2, 0.25) is 0 Å². The lowest BCUT2D eigenvalue weighted by Gasteiger charge is -2.25. The van der Waals surface area contributed by atoms with Crippen LogP contribution in [0.2, 0.25) is 0 Å². The number of hydrogen-bond donors (Lipinski definition) is 1. The van der Waals surface area contributed by atoms with Gasteiger partial charge in [-0.05, 0) is 53.8 Å². The zero-order chi connectivity index (χ0) is 24.1. The minimum Gasteiger partial charge on any atom is -0.405 e. The number of ether oxygens (including phenoxy) is 1. The van der Waals surface area contributed by atoms with E-state index in [4.69, 9.17) is 0 Å². The lowest BCUT2D eigenvalue weighted by Crippen LogP contribution is -2.33. The molecule has 1 aromatic heterocycles. The molecule has 2 heterocycles. The molecule has 2 aromatic carbocycles. The van der Waals surface area contributed by atoms with Crippen LogP contribution in [0.1, 0.15) is 40.6 Å². The van der Waals surface area contributed by atoms with Crippen molar-refractivity contribution < 1.29 is 32.2 Å². The third kappa shape index (κ3) is 4.00. The second-order valence-corrected chi connectivity index (χ2v) is 8.68. The number of carbonyl (C=O) groups is 1. The Labute approximate surface area is 192 Å². The van der Waals surface area contributed by atoms with Gasteiger partial charge in [-0.3, -0.25) is 4.79 Å². The van der Waals surface area contributed by atoms with Crippen LogP contribution in [0.15, 0.2) is 60.8 Å². The molecule has 9 heteroatoms. The zero-order valence-corrected chi connectivity index (χ0v) is 17.8. The van der Waals surface area contributed by atoms with Gasteiger partial charge in [0, 0.05) is 24.1 Å². The number of aromatic nitrogens is 1. The topological polar surface area (TPSA) is 62.7 Å². The van der Waals surface area contributed by atoms with E-state index in [1.165, 1.54) is 30.3 Å². The molecule has 1 N–H and O–H groups in total. The normalized spacial score (nSPS) is 21.7. The first-order valence-electron chi connectivity index (χ1n) is 10.7. The van der Waals surface area contributed by atoms with Crippen LogP contribution in [-0.2, 0) is 5.41 Å². The van der Waals surface area contributed by atoms with Crippen molar-refractivity contribution in [2.45, 2.75) is 30.7 Å². The maximum atomic E-state index is 13.2. The third-order valence-electron chi connectivity index (χ3n) is 6.58. The average Bonchev–Trinajstić information content (AvgIpc) is 3.34. The average molecular weight is 472 g/mol. The number of amides is 1. The Kier molecular flexibility index (Phi) is 5.31. The van der Waals surface area contributed by atoms with Crippen LogP contribution in [0, 0.1) is 5.82 Å². The fraction of sp³-hybridized carbons (Fsp3) is 0.280. The number of hydrogen-bond acceptors (Lipinski definition) is 4. The molecule has 0 bridgehead atoms. The molecule has 34 heavy (non-hydrogen) atoms. The van der Waals surface area contributed by atoms with E-state index in [2.05, 4.69) is 9.72 Å². The molecule has 1 fully saturated rings. The summed E-state index contributed by atoms with van der Waals surface area (Å²) in [5.41, 5.74) is 1.95. The van der Waals surface area contributed by atoms with Gasteiger partial charge in [-0.15, -0.1) is 13.2 Å². The van der Waals surface area contributed by atoms with Gasteiger partial charge in [0.1, 0.15) is 17.3 Å². The quantitative estimate of drug-likeness (QED) is 0.545. The SMILES string of the molecule is O=C(c1ccc(F)cn1)N1CCC2(CC(O)c3cc(-c4ccccc4OC(F)(F)F)ccc32)C1. The number of carbonyl (C=O) groups excluding carboxylic acids is 1. The Bertz CT molecular complexity index is 1250. The third-order valence-corrected chi connectivity index (χ3v) is 6.58. The van der Waals surface area contributed by atoms with Crippen LogP contribution >= 0.6 is 0 Å². The van der Waals surface area contributed by atoms with E-state index < -0.39 is 23.7 Å². The predicted octanol–water partition coefficient (Wildman–Crippen LogP) is 5.01. The van der Waals surface area contributed by atoms with Crippen molar-refractivity contribution in [3.05, 3.63) is 83.4 Å². The fourth-order valence-electron chi connectivity index (χ4n) is 5.09. The summed E-state index contributed by atoms with van der Waals surface area (Å²) in [4.78, 5) is 18.4. The standard InChI is InChI=1S/C25H20F4N2O3/c26-16-6-8-20(30-13-16)23(33)31-10-9-24(14-31)12-21(32)18-11-15(5-7-19(18)24)17-3-1-2-4-22(17)34-25(27,28)29/h1-8,11,13,21,32H,9-10,12,14H2. The number of rotatable bonds is 3. The summed E-state index contributed by atoms with van der Waals surface area (Å²) < 4.78 is 55.9. The Hall–Kier alpha value is -3.46. The van der Waals surface area contributed by atoms with Crippen LogP contribution in [-0.4, -0.2) is 40.3 Å². The first-order chi connectivity index (χ1) is 16.2. The van der Waals surface area contributed by atoms with Crippen molar-refractivity contribution >= 4 is 5.91 Å². The van der Waals surface area contributed by atoms with Crippen molar-refractivity contribution in [2.24, 2.45) is 0 Å². The summed E-state index contributed by atoms with van der Waals surface area (Å²) in [6.45, 7) is 0.816. The summed E-state index contributed by atoms with van der Waals surface area (Å²) >= 11 is 0. The number of pyridine rings is 1. The highest BCUT2D eigenvalue weighted by Crippen LogP contribution is 2.51. The fourth-order valence-corrected chi connectivity index (χ4v) is 5.09. The molecule has 5 rings (SSSR count). The maximum Gasteiger partial charge on any atom is 0.573 e. The summed E-state index contributed by atoms with van der Waals surface area (Å²) in [5.74, 6) is -1.16. The number of alkyl halides is 3. The summed E-state index contributed by atoms with van der Waals surface area (Å²) in [6, 6.07) is 13.6. The minimum absolute atomic E-state index is 0.147. The van der Waals surface area contributed by atoms with Gasteiger partial charge in [-0.25, -0.2) is 9.37 Å². The second-order valence-electron chi connectivity index (χ2n) is 8.68. The predicted molar refractivity (Wildman–Crippen MR) is 115 cm³/mol. The molecule has 1 saturated heterocycles. The van der Waals surface area contributed by atoms with Gasteiger partial charge < -0.3 is 14.7 Å². The molecule has 0 radical (unpaired) electrons. The summed E-state index contributed by atoms with van der Waals surface area (Å²) in [6.07, 6.45) is -3.63. The van der Waals surface area contributed by atoms with Crippen LogP contribution in [0.3, 0.4) is 0 Å². The van der Waals surface area contributed by atoms with E-state index in [-0.39, 0.29) is 22.9 Å². The van der Waals surface area contributed by atoms with E-state index in [0.29, 0.717) is 37.1 Å². The van der Waals surface area contributed by atoms with E-state index in [1.807, 2.05) is 6.07 Å². The van der Waals surface area contributed by atoms with Crippen molar-refractivity contribution in [3.8, 4) is 16.9 Å². The Morgan fingerprint density at radius 3 is 2.68 bits per heavy atom. The molecule has 3 aromatic rings. The zero-order valence-electron chi connectivity index (χ0n) is 17.8. The van der Waals surface area contributed by atoms with E-state index >= 15 is 0 Å². The molecule has 2 aliphatic rings. The van der Waals surface area contributed by atoms with E-state index in [1.54, 1.807) is 23.1 Å². The molecule has 5 nitrogen and oxygen atoms in total. The number of benzene rings is 2. The molecule has 1 spiro atoms. The van der Waals surface area contributed by atoms with E-state index in [0.717, 1.165) is 11.8 Å². The number of halogens is 4.